The molecule has 1 aliphatic rings. The summed E-state index contributed by atoms with van der Waals surface area (Å²) in [6.45, 7) is 4.50. The molecule has 11 heavy (non-hydrogen) atoms. The molecule has 0 spiro atoms. The molecule has 0 aliphatic heterocycles. The first-order valence-electron chi connectivity index (χ1n) is 3.30. The van der Waals surface area contributed by atoms with Crippen LogP contribution in [-0.4, -0.2) is 8.11 Å². The fourth-order valence-electron chi connectivity index (χ4n) is 1.09. The molecule has 0 fully saturated rings. The minimum Gasteiger partial charge on any atom is -1.00 e. The summed E-state index contributed by atoms with van der Waals surface area (Å²) < 4.78 is 1.80. The van der Waals surface area contributed by atoms with Gasteiger partial charge in [0.05, 0.1) is 0 Å². The maximum atomic E-state index is 2.37. The second-order valence-corrected chi connectivity index (χ2v) is 6.23. The number of allylic oxidation sites excluding steroid dienone is 4. The van der Waals surface area contributed by atoms with Crippen LogP contribution >= 0.6 is 0 Å². The van der Waals surface area contributed by atoms with Crippen molar-refractivity contribution in [1.82, 2.24) is 0 Å². The number of rotatable bonds is 1. The number of halogens is 2. The summed E-state index contributed by atoms with van der Waals surface area (Å²) in [6.07, 6.45) is 3.66. The SMILES string of the molecule is CC1=CC[C]([Ti+2][SiH3])=C1C.[Br-].[Br-]. The molecule has 0 aromatic heterocycles. The van der Waals surface area contributed by atoms with Crippen LogP contribution in [0.4, 0.5) is 0 Å². The summed E-state index contributed by atoms with van der Waals surface area (Å²) in [4.78, 5) is 0. The van der Waals surface area contributed by atoms with Crippen molar-refractivity contribution in [2.24, 2.45) is 0 Å². The predicted octanol–water partition coefficient (Wildman–Crippen LogP) is -5.02. The Bertz CT molecular complexity index is 187. The topological polar surface area (TPSA) is 0 Å². The third kappa shape index (κ3) is 3.73. The maximum Gasteiger partial charge on any atom is -1.00 e. The minimum atomic E-state index is 0. The Labute approximate surface area is 101 Å². The third-order valence-electron chi connectivity index (χ3n) is 1.96. The van der Waals surface area contributed by atoms with Gasteiger partial charge in [-0.2, -0.15) is 0 Å². The zero-order valence-electron chi connectivity index (χ0n) is 7.04. The van der Waals surface area contributed by atoms with E-state index < -0.39 is 0 Å². The zero-order valence-corrected chi connectivity index (χ0v) is 13.8. The quantitative estimate of drug-likeness (QED) is 0.422. The van der Waals surface area contributed by atoms with E-state index in [1.807, 2.05) is 0 Å². The summed E-state index contributed by atoms with van der Waals surface area (Å²) in [6, 6.07) is 0. The van der Waals surface area contributed by atoms with Gasteiger partial charge in [0, 0.05) is 0 Å². The molecule has 0 aromatic carbocycles. The molecule has 0 nitrogen and oxygen atoms in total. The van der Waals surface area contributed by atoms with E-state index in [4.69, 9.17) is 0 Å². The molecule has 0 atom stereocenters. The van der Waals surface area contributed by atoms with E-state index in [-0.39, 0.29) is 34.0 Å². The average molecular weight is 332 g/mol. The van der Waals surface area contributed by atoms with Gasteiger partial charge in [-0.15, -0.1) is 0 Å². The molecule has 4 heteroatoms. The molecule has 0 saturated carbocycles. The van der Waals surface area contributed by atoms with Gasteiger partial charge in [0.15, 0.2) is 0 Å². The molecule has 0 unspecified atom stereocenters. The first kappa shape index (κ1) is 14.9. The molecule has 0 amide bonds. The van der Waals surface area contributed by atoms with E-state index in [2.05, 4.69) is 19.9 Å². The standard InChI is InChI=1S/C7H9.2BrH.H3Si.Ti/c1-6-4-3-5-7(6)2;;;;/h4H,3H2,1-2H3;2*1H;1H3;/q;;;;+2/p-2. The van der Waals surface area contributed by atoms with Crippen molar-refractivity contribution in [2.75, 3.05) is 0 Å². The molecular formula is C7H12Br2SiTi. The first-order chi connectivity index (χ1) is 4.25. The number of hydrogen-bond donors (Lipinski definition) is 0. The largest absolute Gasteiger partial charge is 1.00 e. The van der Waals surface area contributed by atoms with Crippen LogP contribution < -0.4 is 34.0 Å². The fourth-order valence-corrected chi connectivity index (χ4v) is 4.85. The smallest absolute Gasteiger partial charge is 1.00 e. The zero-order chi connectivity index (χ0) is 6.85. The van der Waals surface area contributed by atoms with E-state index >= 15 is 0 Å². The van der Waals surface area contributed by atoms with Gasteiger partial charge in [0.2, 0.25) is 0 Å². The Balaban J connectivity index is 0. The summed E-state index contributed by atoms with van der Waals surface area (Å²) in [7, 11) is 1.44. The van der Waals surface area contributed by atoms with Crippen LogP contribution in [0.25, 0.3) is 0 Å². The Morgan fingerprint density at radius 2 is 1.91 bits per heavy atom. The van der Waals surface area contributed by atoms with E-state index in [9.17, 15) is 0 Å². The van der Waals surface area contributed by atoms with Crippen molar-refractivity contribution >= 4 is 8.11 Å². The van der Waals surface area contributed by atoms with Crippen LogP contribution in [0.2, 0.25) is 0 Å². The van der Waals surface area contributed by atoms with E-state index in [0.29, 0.717) is 18.4 Å². The molecule has 62 valence electrons. The van der Waals surface area contributed by atoms with Crippen molar-refractivity contribution in [3.8, 4) is 0 Å². The minimum absolute atomic E-state index is 0. The van der Waals surface area contributed by atoms with Crippen LogP contribution in [0, 0.1) is 0 Å². The van der Waals surface area contributed by atoms with Gasteiger partial charge in [-0.3, -0.25) is 0 Å². The van der Waals surface area contributed by atoms with Gasteiger partial charge in [-0.25, -0.2) is 0 Å². The predicted molar refractivity (Wildman–Crippen MR) is 41.0 cm³/mol. The third-order valence-corrected chi connectivity index (χ3v) is 6.29. The molecule has 0 radical (unpaired) electrons. The van der Waals surface area contributed by atoms with Gasteiger partial charge in [-0.1, -0.05) is 0 Å². The van der Waals surface area contributed by atoms with Crippen LogP contribution in [0.3, 0.4) is 0 Å². The molecule has 0 N–H and O–H groups in total. The van der Waals surface area contributed by atoms with Gasteiger partial charge in [0.25, 0.3) is 0 Å². The van der Waals surface area contributed by atoms with Gasteiger partial charge >= 0.3 is 67.9 Å². The van der Waals surface area contributed by atoms with Crippen molar-refractivity contribution in [3.05, 3.63) is 21.1 Å². The van der Waals surface area contributed by atoms with E-state index in [0.717, 1.165) is 0 Å². The van der Waals surface area contributed by atoms with Gasteiger partial charge in [0.1, 0.15) is 0 Å². The monoisotopic (exact) mass is 330 g/mol. The van der Waals surface area contributed by atoms with Crippen molar-refractivity contribution in [3.63, 3.8) is 0 Å². The second kappa shape index (κ2) is 6.84. The number of hydrogen-bond acceptors (Lipinski definition) is 0. The second-order valence-electron chi connectivity index (χ2n) is 2.44. The van der Waals surface area contributed by atoms with E-state index in [1.165, 1.54) is 20.1 Å². The molecule has 1 aliphatic carbocycles. The van der Waals surface area contributed by atoms with Crippen LogP contribution in [0.1, 0.15) is 20.3 Å². The summed E-state index contributed by atoms with van der Waals surface area (Å²) in [5.74, 6) is 0. The summed E-state index contributed by atoms with van der Waals surface area (Å²) in [5.41, 5.74) is 3.15. The Kier molecular flexibility index (Phi) is 9.25. The van der Waals surface area contributed by atoms with Crippen LogP contribution in [0.15, 0.2) is 21.1 Å². The summed E-state index contributed by atoms with van der Waals surface area (Å²) >= 11 is 0.386. The normalized spacial score (nSPS) is 14.9. The first-order valence-corrected chi connectivity index (χ1v) is 9.77. The van der Waals surface area contributed by atoms with E-state index in [1.54, 1.807) is 9.45 Å². The summed E-state index contributed by atoms with van der Waals surface area (Å²) in [5, 5.41) is 0. The van der Waals surface area contributed by atoms with Gasteiger partial charge < -0.3 is 34.0 Å². The maximum absolute atomic E-state index is 2.37. The van der Waals surface area contributed by atoms with Gasteiger partial charge in [-0.05, 0) is 0 Å². The molecular weight excluding hydrogens is 320 g/mol. The van der Waals surface area contributed by atoms with Crippen molar-refractivity contribution < 1.29 is 52.4 Å². The molecule has 0 saturated heterocycles. The molecule has 0 heterocycles. The fraction of sp³-hybridized carbons (Fsp3) is 0.429. The van der Waals surface area contributed by atoms with Crippen LogP contribution in [-0.2, 0) is 18.4 Å². The molecule has 0 aromatic rings. The Morgan fingerprint density at radius 1 is 1.36 bits per heavy atom. The van der Waals surface area contributed by atoms with Crippen LogP contribution in [0.5, 0.6) is 0 Å². The Hall–Kier alpha value is 1.37. The average Bonchev–Trinajstić information content (AvgIpc) is 2.15. The van der Waals surface area contributed by atoms with Crippen molar-refractivity contribution in [2.45, 2.75) is 20.3 Å². The Morgan fingerprint density at radius 3 is 2.09 bits per heavy atom. The molecule has 0 bridgehead atoms. The van der Waals surface area contributed by atoms with Crippen molar-refractivity contribution in [1.29, 1.82) is 0 Å². The molecule has 1 rings (SSSR count).